The van der Waals surface area contributed by atoms with E-state index in [4.69, 9.17) is 34.8 Å². The van der Waals surface area contributed by atoms with Gasteiger partial charge in [0.2, 0.25) is 5.24 Å². The SMILES string of the molecule is CC(C)C(Nc1c(Cl)cccc1Cl)C(=O)Cl. The van der Waals surface area contributed by atoms with Crippen LogP contribution in [0.1, 0.15) is 13.8 Å². The Labute approximate surface area is 110 Å². The van der Waals surface area contributed by atoms with Gasteiger partial charge in [0.15, 0.2) is 0 Å². The minimum atomic E-state index is -0.501. The van der Waals surface area contributed by atoms with E-state index in [9.17, 15) is 4.79 Å². The average Bonchev–Trinajstić information content (AvgIpc) is 2.15. The molecule has 1 N–H and O–H groups in total. The van der Waals surface area contributed by atoms with Gasteiger partial charge in [-0.15, -0.1) is 0 Å². The van der Waals surface area contributed by atoms with Crippen molar-refractivity contribution in [3.8, 4) is 0 Å². The molecule has 0 amide bonds. The molecule has 0 bridgehead atoms. The average molecular weight is 281 g/mol. The van der Waals surface area contributed by atoms with Gasteiger partial charge in [-0.1, -0.05) is 43.1 Å². The molecule has 1 unspecified atom stereocenters. The summed E-state index contributed by atoms with van der Waals surface area (Å²) in [5.74, 6) is 0.0531. The minimum absolute atomic E-state index is 0.0531. The Morgan fingerprint density at radius 2 is 1.75 bits per heavy atom. The van der Waals surface area contributed by atoms with Crippen LogP contribution in [0.25, 0.3) is 0 Å². The first-order chi connectivity index (χ1) is 7.43. The maximum atomic E-state index is 11.2. The molecule has 88 valence electrons. The zero-order valence-corrected chi connectivity index (χ0v) is 11.2. The first kappa shape index (κ1) is 13.6. The first-order valence-electron chi connectivity index (χ1n) is 4.83. The minimum Gasteiger partial charge on any atom is -0.372 e. The summed E-state index contributed by atoms with van der Waals surface area (Å²) in [5.41, 5.74) is 0.540. The molecular weight excluding hydrogens is 268 g/mol. The summed E-state index contributed by atoms with van der Waals surface area (Å²) in [4.78, 5) is 11.2. The van der Waals surface area contributed by atoms with Gasteiger partial charge in [-0.05, 0) is 29.7 Å². The van der Waals surface area contributed by atoms with Crippen LogP contribution in [0, 0.1) is 5.92 Å². The molecule has 0 saturated heterocycles. The van der Waals surface area contributed by atoms with E-state index in [1.807, 2.05) is 13.8 Å². The van der Waals surface area contributed by atoms with E-state index in [-0.39, 0.29) is 5.92 Å². The van der Waals surface area contributed by atoms with Crippen molar-refractivity contribution in [2.75, 3.05) is 5.32 Å². The van der Waals surface area contributed by atoms with Crippen LogP contribution in [0.4, 0.5) is 5.69 Å². The molecule has 1 atom stereocenters. The topological polar surface area (TPSA) is 29.1 Å². The number of para-hydroxylation sites is 1. The zero-order chi connectivity index (χ0) is 12.3. The second-order valence-corrected chi connectivity index (χ2v) is 4.95. The Hall–Kier alpha value is -0.440. The molecule has 16 heavy (non-hydrogen) atoms. The fourth-order valence-electron chi connectivity index (χ4n) is 1.28. The highest BCUT2D eigenvalue weighted by molar-refractivity contribution is 6.65. The molecule has 1 rings (SSSR count). The van der Waals surface area contributed by atoms with E-state index in [0.717, 1.165) is 0 Å². The number of rotatable bonds is 4. The summed E-state index contributed by atoms with van der Waals surface area (Å²) < 4.78 is 0. The van der Waals surface area contributed by atoms with Crippen molar-refractivity contribution in [3.63, 3.8) is 0 Å². The highest BCUT2D eigenvalue weighted by atomic mass is 35.5. The lowest BCUT2D eigenvalue weighted by Crippen LogP contribution is -2.31. The molecular formula is C11H12Cl3NO. The van der Waals surface area contributed by atoms with Gasteiger partial charge in [-0.25, -0.2) is 0 Å². The lowest BCUT2D eigenvalue weighted by molar-refractivity contribution is -0.113. The standard InChI is InChI=1S/C11H12Cl3NO/c1-6(2)9(11(14)16)15-10-7(12)4-3-5-8(10)13/h3-6,9,15H,1-2H3. The lowest BCUT2D eigenvalue weighted by Gasteiger charge is -2.21. The van der Waals surface area contributed by atoms with E-state index in [2.05, 4.69) is 5.32 Å². The van der Waals surface area contributed by atoms with Crippen LogP contribution >= 0.6 is 34.8 Å². The Bertz CT molecular complexity index is 373. The number of benzene rings is 1. The molecule has 1 aromatic rings. The summed E-state index contributed by atoms with van der Waals surface area (Å²) in [6.45, 7) is 3.78. The van der Waals surface area contributed by atoms with E-state index < -0.39 is 11.3 Å². The third-order valence-corrected chi connectivity index (χ3v) is 3.04. The number of carbonyl (C=O) groups is 1. The van der Waals surface area contributed by atoms with Crippen molar-refractivity contribution in [2.24, 2.45) is 5.92 Å². The van der Waals surface area contributed by atoms with Crippen molar-refractivity contribution in [3.05, 3.63) is 28.2 Å². The number of anilines is 1. The summed E-state index contributed by atoms with van der Waals surface area (Å²) in [5, 5.41) is 3.45. The van der Waals surface area contributed by atoms with Crippen LogP contribution in [0.5, 0.6) is 0 Å². The van der Waals surface area contributed by atoms with Crippen molar-refractivity contribution in [1.82, 2.24) is 0 Å². The molecule has 0 aromatic heterocycles. The van der Waals surface area contributed by atoms with Crippen molar-refractivity contribution < 1.29 is 4.79 Å². The van der Waals surface area contributed by atoms with Gasteiger partial charge >= 0.3 is 0 Å². The monoisotopic (exact) mass is 279 g/mol. The number of nitrogens with one attached hydrogen (secondary N) is 1. The van der Waals surface area contributed by atoms with Crippen molar-refractivity contribution >= 4 is 45.7 Å². The number of carbonyl (C=O) groups excluding carboxylic acids is 1. The maximum Gasteiger partial charge on any atom is 0.244 e. The molecule has 0 heterocycles. The fraction of sp³-hybridized carbons (Fsp3) is 0.364. The lowest BCUT2D eigenvalue weighted by atomic mass is 10.1. The zero-order valence-electron chi connectivity index (χ0n) is 8.93. The summed E-state index contributed by atoms with van der Waals surface area (Å²) >= 11 is 17.5. The van der Waals surface area contributed by atoms with Gasteiger partial charge in [0.1, 0.15) is 6.04 Å². The Kier molecular flexibility index (Phi) is 4.90. The summed E-state index contributed by atoms with van der Waals surface area (Å²) in [7, 11) is 0. The summed E-state index contributed by atoms with van der Waals surface area (Å²) in [6, 6.07) is 4.64. The normalized spacial score (nSPS) is 12.6. The smallest absolute Gasteiger partial charge is 0.244 e. The van der Waals surface area contributed by atoms with E-state index in [1.165, 1.54) is 0 Å². The molecule has 0 fully saturated rings. The van der Waals surface area contributed by atoms with E-state index in [0.29, 0.717) is 15.7 Å². The highest BCUT2D eigenvalue weighted by Gasteiger charge is 2.21. The van der Waals surface area contributed by atoms with Crippen molar-refractivity contribution in [1.29, 1.82) is 0 Å². The quantitative estimate of drug-likeness (QED) is 0.838. The third-order valence-electron chi connectivity index (χ3n) is 2.17. The molecule has 0 spiro atoms. The Morgan fingerprint density at radius 1 is 1.25 bits per heavy atom. The van der Waals surface area contributed by atoms with E-state index >= 15 is 0 Å². The molecule has 5 heteroatoms. The van der Waals surface area contributed by atoms with Crippen LogP contribution < -0.4 is 5.32 Å². The molecule has 0 aliphatic rings. The predicted octanol–water partition coefficient (Wildman–Crippen LogP) is 4.20. The highest BCUT2D eigenvalue weighted by Crippen LogP contribution is 2.31. The Morgan fingerprint density at radius 3 is 2.12 bits per heavy atom. The van der Waals surface area contributed by atoms with Gasteiger partial charge in [-0.2, -0.15) is 0 Å². The summed E-state index contributed by atoms with van der Waals surface area (Å²) in [6.07, 6.45) is 0. The molecule has 0 aliphatic heterocycles. The van der Waals surface area contributed by atoms with Crippen LogP contribution in [-0.2, 0) is 4.79 Å². The Balaban J connectivity index is 2.98. The molecule has 0 radical (unpaired) electrons. The molecule has 1 aromatic carbocycles. The van der Waals surface area contributed by atoms with Gasteiger partial charge < -0.3 is 5.32 Å². The van der Waals surface area contributed by atoms with Crippen LogP contribution in [0.15, 0.2) is 18.2 Å². The second kappa shape index (κ2) is 5.76. The predicted molar refractivity (Wildman–Crippen MR) is 69.6 cm³/mol. The van der Waals surface area contributed by atoms with Crippen molar-refractivity contribution in [2.45, 2.75) is 19.9 Å². The van der Waals surface area contributed by atoms with Gasteiger partial charge in [0.25, 0.3) is 0 Å². The fourth-order valence-corrected chi connectivity index (χ4v) is 2.09. The molecule has 0 aliphatic carbocycles. The van der Waals surface area contributed by atoms with Crippen LogP contribution in [-0.4, -0.2) is 11.3 Å². The first-order valence-corrected chi connectivity index (χ1v) is 5.96. The van der Waals surface area contributed by atoms with Crippen LogP contribution in [0.3, 0.4) is 0 Å². The molecule has 0 saturated carbocycles. The maximum absolute atomic E-state index is 11.2. The van der Waals surface area contributed by atoms with E-state index in [1.54, 1.807) is 18.2 Å². The van der Waals surface area contributed by atoms with Gasteiger partial charge in [0.05, 0.1) is 15.7 Å². The van der Waals surface area contributed by atoms with Gasteiger partial charge in [-0.3, -0.25) is 4.79 Å². The number of hydrogen-bond acceptors (Lipinski definition) is 2. The number of hydrogen-bond donors (Lipinski definition) is 1. The largest absolute Gasteiger partial charge is 0.372 e. The molecule has 2 nitrogen and oxygen atoms in total. The number of halogens is 3. The van der Waals surface area contributed by atoms with Crippen LogP contribution in [0.2, 0.25) is 10.0 Å². The van der Waals surface area contributed by atoms with Gasteiger partial charge in [0, 0.05) is 0 Å². The third kappa shape index (κ3) is 3.27. The second-order valence-electron chi connectivity index (χ2n) is 3.77.